The normalized spacial score (nSPS) is 13.1. The molecule has 11 heteroatoms. The summed E-state index contributed by atoms with van der Waals surface area (Å²) in [5.41, 5.74) is 2.55. The molecule has 0 saturated carbocycles. The summed E-state index contributed by atoms with van der Waals surface area (Å²) in [5, 5.41) is 4.64. The SMILES string of the molecule is O=S(=O)(O)Cc1ccc(C[C@H](NS(=O)(=O)Cc2ccccc2)c2csc(-c3cccs3)n2)cc1. The zero-order chi connectivity index (χ0) is 24.2. The van der Waals surface area contributed by atoms with E-state index < -0.39 is 31.9 Å². The van der Waals surface area contributed by atoms with E-state index in [2.05, 4.69) is 4.72 Å². The van der Waals surface area contributed by atoms with E-state index in [0.717, 1.165) is 15.4 Å². The summed E-state index contributed by atoms with van der Waals surface area (Å²) < 4.78 is 60.1. The van der Waals surface area contributed by atoms with Crippen molar-refractivity contribution in [2.75, 3.05) is 0 Å². The molecule has 0 saturated heterocycles. The number of benzene rings is 2. The number of thiazole rings is 1. The molecular formula is C23H22N2O5S4. The van der Waals surface area contributed by atoms with Gasteiger partial charge in [0, 0.05) is 5.38 Å². The first kappa shape index (κ1) is 24.7. The molecule has 1 atom stereocenters. The molecule has 178 valence electrons. The highest BCUT2D eigenvalue weighted by Crippen LogP contribution is 2.31. The van der Waals surface area contributed by atoms with Gasteiger partial charge in [-0.15, -0.1) is 22.7 Å². The van der Waals surface area contributed by atoms with E-state index in [1.807, 2.05) is 29.0 Å². The van der Waals surface area contributed by atoms with Crippen LogP contribution in [0.4, 0.5) is 0 Å². The molecule has 0 unspecified atom stereocenters. The Morgan fingerprint density at radius 3 is 2.15 bits per heavy atom. The number of hydrogen-bond donors (Lipinski definition) is 2. The van der Waals surface area contributed by atoms with E-state index in [-0.39, 0.29) is 5.75 Å². The Hall–Kier alpha value is -2.41. The number of rotatable bonds is 10. The van der Waals surface area contributed by atoms with Crippen molar-refractivity contribution in [1.29, 1.82) is 0 Å². The Morgan fingerprint density at radius 1 is 0.824 bits per heavy atom. The molecule has 0 spiro atoms. The van der Waals surface area contributed by atoms with Gasteiger partial charge in [-0.1, -0.05) is 60.7 Å². The summed E-state index contributed by atoms with van der Waals surface area (Å²) in [6.45, 7) is 0. The van der Waals surface area contributed by atoms with Gasteiger partial charge in [-0.3, -0.25) is 4.55 Å². The van der Waals surface area contributed by atoms with E-state index in [9.17, 15) is 16.8 Å². The largest absolute Gasteiger partial charge is 0.285 e. The Labute approximate surface area is 207 Å². The molecule has 2 aromatic carbocycles. The fourth-order valence-corrected chi connectivity index (χ4v) is 7.09. The number of thiophene rings is 1. The summed E-state index contributed by atoms with van der Waals surface area (Å²) in [5.74, 6) is -0.629. The molecule has 2 N–H and O–H groups in total. The van der Waals surface area contributed by atoms with Crippen molar-refractivity contribution in [3.8, 4) is 9.88 Å². The van der Waals surface area contributed by atoms with Gasteiger partial charge in [-0.05, 0) is 34.6 Å². The first-order valence-electron chi connectivity index (χ1n) is 10.2. The van der Waals surface area contributed by atoms with Gasteiger partial charge in [0.1, 0.15) is 10.8 Å². The van der Waals surface area contributed by atoms with Crippen LogP contribution in [0.25, 0.3) is 9.88 Å². The topological polar surface area (TPSA) is 113 Å². The van der Waals surface area contributed by atoms with Crippen LogP contribution in [-0.2, 0) is 38.1 Å². The molecule has 4 aromatic rings. The summed E-state index contributed by atoms with van der Waals surface area (Å²) >= 11 is 3.02. The van der Waals surface area contributed by atoms with Crippen LogP contribution in [-0.4, -0.2) is 26.4 Å². The fourth-order valence-electron chi connectivity index (χ4n) is 3.44. The van der Waals surface area contributed by atoms with Gasteiger partial charge < -0.3 is 0 Å². The molecule has 0 radical (unpaired) electrons. The lowest BCUT2D eigenvalue weighted by Gasteiger charge is -2.18. The van der Waals surface area contributed by atoms with E-state index in [1.54, 1.807) is 59.9 Å². The highest BCUT2D eigenvalue weighted by atomic mass is 32.2. The first-order chi connectivity index (χ1) is 16.2. The first-order valence-corrected chi connectivity index (χ1v) is 15.3. The molecule has 4 rings (SSSR count). The van der Waals surface area contributed by atoms with Gasteiger partial charge in [0.15, 0.2) is 0 Å². The molecule has 0 fully saturated rings. The lowest BCUT2D eigenvalue weighted by molar-refractivity contribution is 0.482. The maximum atomic E-state index is 13.0. The average molecular weight is 535 g/mol. The molecule has 0 aliphatic rings. The highest BCUT2D eigenvalue weighted by Gasteiger charge is 2.23. The minimum Gasteiger partial charge on any atom is -0.285 e. The zero-order valence-electron chi connectivity index (χ0n) is 17.9. The van der Waals surface area contributed by atoms with Gasteiger partial charge in [0.25, 0.3) is 10.1 Å². The molecule has 2 aromatic heterocycles. The van der Waals surface area contributed by atoms with Gasteiger partial charge >= 0.3 is 0 Å². The Balaban J connectivity index is 1.59. The number of nitrogens with one attached hydrogen (secondary N) is 1. The molecule has 0 aliphatic heterocycles. The maximum Gasteiger partial charge on any atom is 0.269 e. The van der Waals surface area contributed by atoms with Crippen molar-refractivity contribution in [3.05, 3.63) is 99.9 Å². The van der Waals surface area contributed by atoms with E-state index in [0.29, 0.717) is 23.2 Å². The van der Waals surface area contributed by atoms with Crippen molar-refractivity contribution in [2.24, 2.45) is 0 Å². The van der Waals surface area contributed by atoms with Crippen LogP contribution < -0.4 is 4.72 Å². The van der Waals surface area contributed by atoms with E-state index >= 15 is 0 Å². The molecule has 0 amide bonds. The molecule has 0 bridgehead atoms. The third-order valence-electron chi connectivity index (χ3n) is 4.94. The molecule has 34 heavy (non-hydrogen) atoms. The van der Waals surface area contributed by atoms with Crippen LogP contribution >= 0.6 is 22.7 Å². The van der Waals surface area contributed by atoms with Crippen molar-refractivity contribution >= 4 is 42.8 Å². The predicted molar refractivity (Wildman–Crippen MR) is 136 cm³/mol. The molecular weight excluding hydrogens is 513 g/mol. The van der Waals surface area contributed by atoms with Crippen molar-refractivity contribution in [3.63, 3.8) is 0 Å². The van der Waals surface area contributed by atoms with E-state index in [4.69, 9.17) is 9.54 Å². The van der Waals surface area contributed by atoms with Gasteiger partial charge in [0.05, 0.1) is 22.4 Å². The Kier molecular flexibility index (Phi) is 7.60. The molecule has 0 aliphatic carbocycles. The van der Waals surface area contributed by atoms with Gasteiger partial charge in [-0.2, -0.15) is 8.42 Å². The van der Waals surface area contributed by atoms with Crippen LogP contribution in [0.5, 0.6) is 0 Å². The quantitative estimate of drug-likeness (QED) is 0.286. The van der Waals surface area contributed by atoms with Crippen molar-refractivity contribution < 1.29 is 21.4 Å². The Morgan fingerprint density at radius 2 is 1.50 bits per heavy atom. The standard InChI is InChI=1S/C23H22N2O5S4/c26-33(27,15-18-5-2-1-3-6-18)25-20(21-14-32-23(24-21)22-7-4-12-31-22)13-17-8-10-19(11-9-17)16-34(28,29)30/h1-12,14,20,25H,13,15-16H2,(H,28,29,30)/t20-/m0/s1. The molecule has 2 heterocycles. The second kappa shape index (κ2) is 10.5. The summed E-state index contributed by atoms with van der Waals surface area (Å²) in [6, 6.07) is 18.9. The molecule has 7 nitrogen and oxygen atoms in total. The third kappa shape index (κ3) is 7.05. The summed E-state index contributed by atoms with van der Waals surface area (Å²) in [4.78, 5) is 5.71. The smallest absolute Gasteiger partial charge is 0.269 e. The van der Waals surface area contributed by atoms with Crippen LogP contribution in [0.2, 0.25) is 0 Å². The maximum absolute atomic E-state index is 13.0. The average Bonchev–Trinajstić information content (AvgIpc) is 3.46. The second-order valence-electron chi connectivity index (χ2n) is 7.72. The number of aromatic nitrogens is 1. The number of sulfonamides is 1. The van der Waals surface area contributed by atoms with Crippen LogP contribution in [0.15, 0.2) is 77.5 Å². The zero-order valence-corrected chi connectivity index (χ0v) is 21.1. The summed E-state index contributed by atoms with van der Waals surface area (Å²) in [7, 11) is -7.80. The van der Waals surface area contributed by atoms with Crippen LogP contribution in [0, 0.1) is 0 Å². The minimum absolute atomic E-state index is 0.153. The van der Waals surface area contributed by atoms with Gasteiger partial charge in [0.2, 0.25) is 10.0 Å². The van der Waals surface area contributed by atoms with Crippen molar-refractivity contribution in [1.82, 2.24) is 9.71 Å². The predicted octanol–water partition coefficient (Wildman–Crippen LogP) is 4.66. The van der Waals surface area contributed by atoms with Gasteiger partial charge in [-0.25, -0.2) is 18.1 Å². The van der Waals surface area contributed by atoms with Crippen molar-refractivity contribution in [2.45, 2.75) is 24.0 Å². The lowest BCUT2D eigenvalue weighted by atomic mass is 10.0. The lowest BCUT2D eigenvalue weighted by Crippen LogP contribution is -2.31. The summed E-state index contributed by atoms with van der Waals surface area (Å²) in [6.07, 6.45) is 0.327. The number of nitrogens with zero attached hydrogens (tertiary/aromatic N) is 1. The number of hydrogen-bond acceptors (Lipinski definition) is 7. The third-order valence-corrected chi connectivity index (χ3v) is 8.90. The fraction of sp³-hybridized carbons (Fsp3) is 0.174. The van der Waals surface area contributed by atoms with E-state index in [1.165, 1.54) is 11.3 Å². The minimum atomic E-state index is -4.13. The second-order valence-corrected chi connectivity index (χ2v) is 12.7. The van der Waals surface area contributed by atoms with Crippen LogP contribution in [0.1, 0.15) is 28.4 Å². The Bertz CT molecular complexity index is 1430. The monoisotopic (exact) mass is 534 g/mol. The van der Waals surface area contributed by atoms with Crippen LogP contribution in [0.3, 0.4) is 0 Å². The highest BCUT2D eigenvalue weighted by molar-refractivity contribution is 7.88.